The molecule has 0 saturated heterocycles. The molecule has 0 aliphatic rings. The summed E-state index contributed by atoms with van der Waals surface area (Å²) in [7, 11) is 1.59. The lowest BCUT2D eigenvalue weighted by Gasteiger charge is -2.22. The fourth-order valence-corrected chi connectivity index (χ4v) is 2.20. The number of rotatable bonds is 6. The van der Waals surface area contributed by atoms with Crippen LogP contribution in [0.1, 0.15) is 37.2 Å². The molecule has 0 bridgehead atoms. The van der Waals surface area contributed by atoms with E-state index >= 15 is 0 Å². The van der Waals surface area contributed by atoms with Crippen molar-refractivity contribution in [2.45, 2.75) is 32.2 Å². The van der Waals surface area contributed by atoms with Gasteiger partial charge in [-0.3, -0.25) is 4.98 Å². The summed E-state index contributed by atoms with van der Waals surface area (Å²) in [6.07, 6.45) is 2.09. The number of hydrogen-bond donors (Lipinski definition) is 1. The van der Waals surface area contributed by atoms with Crippen molar-refractivity contribution >= 4 is 0 Å². The van der Waals surface area contributed by atoms with E-state index in [1.54, 1.807) is 25.6 Å². The molecule has 0 aliphatic carbocycles. The van der Waals surface area contributed by atoms with E-state index < -0.39 is 12.2 Å². The van der Waals surface area contributed by atoms with Crippen LogP contribution in [0.15, 0.2) is 48.8 Å². The average molecular weight is 287 g/mol. The molecule has 1 heterocycles. The van der Waals surface area contributed by atoms with Crippen LogP contribution in [0.4, 0.5) is 0 Å². The molecule has 2 atom stereocenters. The van der Waals surface area contributed by atoms with Crippen LogP contribution in [-0.4, -0.2) is 23.3 Å². The summed E-state index contributed by atoms with van der Waals surface area (Å²) >= 11 is 0. The molecular formula is C17H21NO3. The molecule has 0 amide bonds. The van der Waals surface area contributed by atoms with Gasteiger partial charge in [0.2, 0.25) is 0 Å². The molecule has 0 radical (unpaired) electrons. The van der Waals surface area contributed by atoms with Gasteiger partial charge >= 0.3 is 0 Å². The number of pyridine rings is 1. The molecule has 4 nitrogen and oxygen atoms in total. The minimum absolute atomic E-state index is 0.0616. The summed E-state index contributed by atoms with van der Waals surface area (Å²) in [5.74, 6) is 0.643. The van der Waals surface area contributed by atoms with Crippen LogP contribution in [0.2, 0.25) is 0 Å². The van der Waals surface area contributed by atoms with Gasteiger partial charge in [-0.1, -0.05) is 30.3 Å². The Kier molecular flexibility index (Phi) is 5.31. The van der Waals surface area contributed by atoms with E-state index in [0.717, 1.165) is 5.56 Å². The molecule has 1 N–H and O–H groups in total. The molecule has 2 rings (SSSR count). The van der Waals surface area contributed by atoms with Gasteiger partial charge in [-0.2, -0.15) is 0 Å². The number of hydrogen-bond acceptors (Lipinski definition) is 4. The highest BCUT2D eigenvalue weighted by Gasteiger charge is 2.23. The third kappa shape index (κ3) is 4.03. The zero-order valence-corrected chi connectivity index (χ0v) is 12.6. The van der Waals surface area contributed by atoms with Crippen molar-refractivity contribution in [3.63, 3.8) is 0 Å². The molecule has 2 unspecified atom stereocenters. The Morgan fingerprint density at radius 3 is 2.38 bits per heavy atom. The second kappa shape index (κ2) is 7.20. The molecular weight excluding hydrogens is 266 g/mol. The summed E-state index contributed by atoms with van der Waals surface area (Å²) in [5, 5.41) is 10.6. The third-order valence-electron chi connectivity index (χ3n) is 3.12. The van der Waals surface area contributed by atoms with Gasteiger partial charge in [-0.15, -0.1) is 0 Å². The second-order valence-electron chi connectivity index (χ2n) is 5.13. The Morgan fingerprint density at radius 1 is 1.05 bits per heavy atom. The number of methoxy groups -OCH3 is 1. The molecule has 0 saturated carbocycles. The number of aliphatic hydroxyl groups excluding tert-OH is 1. The normalized spacial score (nSPS) is 14.0. The zero-order chi connectivity index (χ0) is 15.2. The van der Waals surface area contributed by atoms with Crippen LogP contribution >= 0.6 is 0 Å². The van der Waals surface area contributed by atoms with E-state index in [0.29, 0.717) is 11.3 Å². The van der Waals surface area contributed by atoms with Gasteiger partial charge in [0.15, 0.2) is 0 Å². The third-order valence-corrected chi connectivity index (χ3v) is 3.12. The summed E-state index contributed by atoms with van der Waals surface area (Å²) < 4.78 is 11.1. The molecule has 1 aromatic heterocycles. The van der Waals surface area contributed by atoms with E-state index in [2.05, 4.69) is 4.98 Å². The van der Waals surface area contributed by atoms with Crippen molar-refractivity contribution in [1.29, 1.82) is 0 Å². The number of benzene rings is 1. The molecule has 0 spiro atoms. The van der Waals surface area contributed by atoms with Crippen LogP contribution in [-0.2, 0) is 4.74 Å². The highest BCUT2D eigenvalue weighted by molar-refractivity contribution is 5.28. The van der Waals surface area contributed by atoms with Gasteiger partial charge in [0, 0.05) is 18.9 Å². The van der Waals surface area contributed by atoms with Crippen molar-refractivity contribution in [3.8, 4) is 5.75 Å². The van der Waals surface area contributed by atoms with Crippen molar-refractivity contribution in [2.75, 3.05) is 7.11 Å². The fourth-order valence-electron chi connectivity index (χ4n) is 2.20. The first-order valence-electron chi connectivity index (χ1n) is 6.99. The van der Waals surface area contributed by atoms with E-state index in [1.807, 2.05) is 44.2 Å². The predicted molar refractivity (Wildman–Crippen MR) is 81.2 cm³/mol. The van der Waals surface area contributed by atoms with Crippen LogP contribution in [0.25, 0.3) is 0 Å². The Labute approximate surface area is 125 Å². The Balaban J connectivity index is 2.23. The highest BCUT2D eigenvalue weighted by Crippen LogP contribution is 2.32. The average Bonchev–Trinajstić information content (AvgIpc) is 2.48. The van der Waals surface area contributed by atoms with Crippen molar-refractivity contribution in [3.05, 3.63) is 59.9 Å². The molecule has 21 heavy (non-hydrogen) atoms. The maximum atomic E-state index is 10.6. The highest BCUT2D eigenvalue weighted by atomic mass is 16.5. The summed E-state index contributed by atoms with van der Waals surface area (Å²) in [6.45, 7) is 3.90. The molecule has 4 heteroatoms. The van der Waals surface area contributed by atoms with E-state index in [-0.39, 0.29) is 6.10 Å². The van der Waals surface area contributed by atoms with Gasteiger partial charge in [-0.25, -0.2) is 0 Å². The predicted octanol–water partition coefficient (Wildman–Crippen LogP) is 3.29. The Bertz CT molecular complexity index is 557. The fraction of sp³-hybridized carbons (Fsp3) is 0.353. The number of aromatic nitrogens is 1. The Hall–Kier alpha value is -1.91. The lowest BCUT2D eigenvalue weighted by Crippen LogP contribution is -2.14. The maximum Gasteiger partial charge on any atom is 0.138 e. The second-order valence-corrected chi connectivity index (χ2v) is 5.13. The number of aliphatic hydroxyl groups is 1. The topological polar surface area (TPSA) is 51.6 Å². The van der Waals surface area contributed by atoms with Crippen LogP contribution < -0.4 is 4.74 Å². The van der Waals surface area contributed by atoms with Gasteiger partial charge < -0.3 is 14.6 Å². The van der Waals surface area contributed by atoms with Gasteiger partial charge in [-0.05, 0) is 25.5 Å². The molecule has 0 fully saturated rings. The first-order valence-corrected chi connectivity index (χ1v) is 6.99. The quantitative estimate of drug-likeness (QED) is 0.885. The Morgan fingerprint density at radius 2 is 1.76 bits per heavy atom. The monoisotopic (exact) mass is 287 g/mol. The molecule has 2 aromatic rings. The smallest absolute Gasteiger partial charge is 0.138 e. The molecule has 1 aromatic carbocycles. The minimum atomic E-state index is -0.805. The molecule has 112 valence electrons. The van der Waals surface area contributed by atoms with E-state index in [1.165, 1.54) is 0 Å². The summed E-state index contributed by atoms with van der Waals surface area (Å²) in [5.41, 5.74) is 1.59. The zero-order valence-electron chi connectivity index (χ0n) is 12.6. The van der Waals surface area contributed by atoms with Crippen molar-refractivity contribution in [2.24, 2.45) is 0 Å². The summed E-state index contributed by atoms with van der Waals surface area (Å²) in [4.78, 5) is 4.13. The first-order chi connectivity index (χ1) is 10.1. The molecule has 0 aliphatic heterocycles. The standard InChI is InChI=1S/C17H21NO3/c1-12(2)21-15-9-14(10-18-11-15)16(19)17(20-3)13-7-5-4-6-8-13/h4-12,16-17,19H,1-3H3. The lowest BCUT2D eigenvalue weighted by molar-refractivity contribution is -0.0152. The van der Waals surface area contributed by atoms with Gasteiger partial charge in [0.25, 0.3) is 0 Å². The van der Waals surface area contributed by atoms with E-state index in [9.17, 15) is 5.11 Å². The SMILES string of the molecule is COC(c1ccccc1)C(O)c1cncc(OC(C)C)c1. The van der Waals surface area contributed by atoms with Gasteiger partial charge in [0.05, 0.1) is 12.3 Å². The van der Waals surface area contributed by atoms with Gasteiger partial charge in [0.1, 0.15) is 18.0 Å². The summed E-state index contributed by atoms with van der Waals surface area (Å²) in [6, 6.07) is 11.4. The largest absolute Gasteiger partial charge is 0.489 e. The minimum Gasteiger partial charge on any atom is -0.489 e. The number of ether oxygens (including phenoxy) is 2. The van der Waals surface area contributed by atoms with Crippen molar-refractivity contribution < 1.29 is 14.6 Å². The van der Waals surface area contributed by atoms with E-state index in [4.69, 9.17) is 9.47 Å². The van der Waals surface area contributed by atoms with Crippen LogP contribution in [0.3, 0.4) is 0 Å². The maximum absolute atomic E-state index is 10.6. The van der Waals surface area contributed by atoms with Crippen molar-refractivity contribution in [1.82, 2.24) is 4.98 Å². The van der Waals surface area contributed by atoms with Crippen LogP contribution in [0.5, 0.6) is 5.75 Å². The first kappa shape index (κ1) is 15.5. The lowest BCUT2D eigenvalue weighted by atomic mass is 9.99. The van der Waals surface area contributed by atoms with Crippen LogP contribution in [0, 0.1) is 0 Å². The number of nitrogens with zero attached hydrogens (tertiary/aromatic N) is 1.